The standard InChI is InChI=1S/C20H30O4/c1-4-7-14-23-18(21)20(6-3,19(22)24-15-8-5-2)16-17-12-10-9-11-13-17/h9-13H,4-8,14-16H2,1-3H3. The maximum absolute atomic E-state index is 12.7. The number of ether oxygens (including phenoxy) is 2. The zero-order valence-corrected chi connectivity index (χ0v) is 15.2. The first-order valence-electron chi connectivity index (χ1n) is 8.99. The van der Waals surface area contributed by atoms with E-state index < -0.39 is 17.4 Å². The summed E-state index contributed by atoms with van der Waals surface area (Å²) in [7, 11) is 0. The van der Waals surface area contributed by atoms with Crippen molar-refractivity contribution in [2.75, 3.05) is 13.2 Å². The van der Waals surface area contributed by atoms with Crippen molar-refractivity contribution >= 4 is 11.9 Å². The van der Waals surface area contributed by atoms with E-state index >= 15 is 0 Å². The topological polar surface area (TPSA) is 52.6 Å². The van der Waals surface area contributed by atoms with Gasteiger partial charge in [0.15, 0.2) is 5.41 Å². The second-order valence-corrected chi connectivity index (χ2v) is 6.08. The number of hydrogen-bond acceptors (Lipinski definition) is 4. The van der Waals surface area contributed by atoms with Gasteiger partial charge in [0.1, 0.15) is 0 Å². The highest BCUT2D eigenvalue weighted by Crippen LogP contribution is 2.31. The van der Waals surface area contributed by atoms with Crippen LogP contribution in [0, 0.1) is 5.41 Å². The average molecular weight is 334 g/mol. The molecule has 4 nitrogen and oxygen atoms in total. The second-order valence-electron chi connectivity index (χ2n) is 6.08. The lowest BCUT2D eigenvalue weighted by molar-refractivity contribution is -0.173. The predicted molar refractivity (Wildman–Crippen MR) is 94.6 cm³/mol. The predicted octanol–water partition coefficient (Wildman–Crippen LogP) is 4.31. The van der Waals surface area contributed by atoms with E-state index in [-0.39, 0.29) is 0 Å². The quantitative estimate of drug-likeness (QED) is 0.344. The van der Waals surface area contributed by atoms with Gasteiger partial charge in [0.2, 0.25) is 0 Å². The van der Waals surface area contributed by atoms with Crippen LogP contribution in [0.4, 0.5) is 0 Å². The van der Waals surface area contributed by atoms with Crippen LogP contribution in [0.1, 0.15) is 58.4 Å². The molecule has 0 amide bonds. The van der Waals surface area contributed by atoms with Crippen LogP contribution in [0.25, 0.3) is 0 Å². The third-order valence-electron chi connectivity index (χ3n) is 4.20. The largest absolute Gasteiger partial charge is 0.465 e. The Morgan fingerprint density at radius 2 is 1.38 bits per heavy atom. The Labute approximate surface area is 145 Å². The third kappa shape index (κ3) is 5.66. The molecule has 0 aliphatic rings. The minimum absolute atomic E-state index is 0.306. The molecule has 0 bridgehead atoms. The van der Waals surface area contributed by atoms with Gasteiger partial charge in [-0.15, -0.1) is 0 Å². The fourth-order valence-electron chi connectivity index (χ4n) is 2.48. The van der Waals surface area contributed by atoms with Gasteiger partial charge in [-0.05, 0) is 31.2 Å². The summed E-state index contributed by atoms with van der Waals surface area (Å²) in [6, 6.07) is 9.56. The molecule has 0 radical (unpaired) electrons. The number of unbranched alkanes of at least 4 members (excludes halogenated alkanes) is 2. The highest BCUT2D eigenvalue weighted by Gasteiger charge is 2.47. The van der Waals surface area contributed by atoms with Gasteiger partial charge in [-0.3, -0.25) is 9.59 Å². The number of rotatable bonds is 11. The number of hydrogen-bond donors (Lipinski definition) is 0. The molecule has 0 aromatic heterocycles. The Kier molecular flexibility index (Phi) is 9.13. The summed E-state index contributed by atoms with van der Waals surface area (Å²) in [5.74, 6) is -0.937. The normalized spacial score (nSPS) is 11.1. The molecule has 1 rings (SSSR count). The van der Waals surface area contributed by atoms with Crippen LogP contribution in [-0.2, 0) is 25.5 Å². The molecule has 0 saturated heterocycles. The summed E-state index contributed by atoms with van der Waals surface area (Å²) in [4.78, 5) is 25.5. The molecular weight excluding hydrogens is 304 g/mol. The lowest BCUT2D eigenvalue weighted by Crippen LogP contribution is -2.43. The Bertz CT molecular complexity index is 474. The molecule has 0 aliphatic carbocycles. The molecule has 0 N–H and O–H groups in total. The smallest absolute Gasteiger partial charge is 0.323 e. The maximum atomic E-state index is 12.7. The second kappa shape index (κ2) is 10.8. The van der Waals surface area contributed by atoms with E-state index in [1.165, 1.54) is 0 Å². The molecular formula is C20H30O4. The molecule has 0 atom stereocenters. The van der Waals surface area contributed by atoms with Crippen molar-refractivity contribution < 1.29 is 19.1 Å². The Morgan fingerprint density at radius 1 is 0.875 bits per heavy atom. The summed E-state index contributed by atoms with van der Waals surface area (Å²) in [5.41, 5.74) is -0.331. The fourth-order valence-corrected chi connectivity index (χ4v) is 2.48. The summed E-state index contributed by atoms with van der Waals surface area (Å²) in [5, 5.41) is 0. The van der Waals surface area contributed by atoms with Gasteiger partial charge >= 0.3 is 11.9 Å². The SMILES string of the molecule is CCCCOC(=O)C(CC)(Cc1ccccc1)C(=O)OCCCC. The zero-order valence-electron chi connectivity index (χ0n) is 15.2. The molecule has 134 valence electrons. The van der Waals surface area contributed by atoms with Crippen LogP contribution in [0.3, 0.4) is 0 Å². The van der Waals surface area contributed by atoms with Crippen molar-refractivity contribution in [3.05, 3.63) is 35.9 Å². The van der Waals surface area contributed by atoms with Crippen LogP contribution in [0.15, 0.2) is 30.3 Å². The highest BCUT2D eigenvalue weighted by molar-refractivity contribution is 6.00. The minimum Gasteiger partial charge on any atom is -0.465 e. The first kappa shape index (κ1) is 20.2. The van der Waals surface area contributed by atoms with Crippen molar-refractivity contribution in [2.45, 2.75) is 59.3 Å². The molecule has 24 heavy (non-hydrogen) atoms. The van der Waals surface area contributed by atoms with Gasteiger partial charge in [0, 0.05) is 0 Å². The Balaban J connectivity index is 2.97. The van der Waals surface area contributed by atoms with E-state index in [0.29, 0.717) is 26.1 Å². The van der Waals surface area contributed by atoms with Gasteiger partial charge in [-0.25, -0.2) is 0 Å². The molecule has 1 aromatic carbocycles. The van der Waals surface area contributed by atoms with Crippen LogP contribution in [-0.4, -0.2) is 25.2 Å². The molecule has 0 unspecified atom stereocenters. The molecule has 0 heterocycles. The Morgan fingerprint density at radius 3 is 1.79 bits per heavy atom. The zero-order chi connectivity index (χ0) is 17.8. The van der Waals surface area contributed by atoms with E-state index in [1.54, 1.807) is 0 Å². The van der Waals surface area contributed by atoms with Gasteiger partial charge in [0.05, 0.1) is 13.2 Å². The van der Waals surface area contributed by atoms with Crippen molar-refractivity contribution in [3.63, 3.8) is 0 Å². The van der Waals surface area contributed by atoms with E-state index in [4.69, 9.17) is 9.47 Å². The number of carbonyl (C=O) groups is 2. The van der Waals surface area contributed by atoms with Gasteiger partial charge in [0.25, 0.3) is 0 Å². The molecule has 0 aliphatic heterocycles. The molecule has 0 spiro atoms. The van der Waals surface area contributed by atoms with Crippen LogP contribution < -0.4 is 0 Å². The molecule has 0 saturated carbocycles. The minimum atomic E-state index is -1.26. The lowest BCUT2D eigenvalue weighted by Gasteiger charge is -2.28. The molecule has 4 heteroatoms. The van der Waals surface area contributed by atoms with Gasteiger partial charge in [-0.2, -0.15) is 0 Å². The van der Waals surface area contributed by atoms with Gasteiger partial charge in [-0.1, -0.05) is 63.9 Å². The maximum Gasteiger partial charge on any atom is 0.323 e. The van der Waals surface area contributed by atoms with Crippen molar-refractivity contribution in [1.29, 1.82) is 0 Å². The third-order valence-corrected chi connectivity index (χ3v) is 4.20. The number of esters is 2. The monoisotopic (exact) mass is 334 g/mol. The van der Waals surface area contributed by atoms with Crippen molar-refractivity contribution in [1.82, 2.24) is 0 Å². The molecule has 0 fully saturated rings. The average Bonchev–Trinajstić information content (AvgIpc) is 2.60. The molecule has 1 aromatic rings. The van der Waals surface area contributed by atoms with Crippen molar-refractivity contribution in [3.8, 4) is 0 Å². The van der Waals surface area contributed by atoms with E-state index in [0.717, 1.165) is 31.2 Å². The van der Waals surface area contributed by atoms with E-state index in [9.17, 15) is 9.59 Å². The first-order valence-corrected chi connectivity index (χ1v) is 8.99. The summed E-state index contributed by atoms with van der Waals surface area (Å²) < 4.78 is 10.8. The summed E-state index contributed by atoms with van der Waals surface area (Å²) in [6.07, 6.45) is 4.12. The number of benzene rings is 1. The number of carbonyl (C=O) groups excluding carboxylic acids is 2. The fraction of sp³-hybridized carbons (Fsp3) is 0.600. The lowest BCUT2D eigenvalue weighted by atomic mass is 9.79. The van der Waals surface area contributed by atoms with Crippen LogP contribution in [0.5, 0.6) is 0 Å². The van der Waals surface area contributed by atoms with E-state index in [1.807, 2.05) is 51.1 Å². The highest BCUT2D eigenvalue weighted by atomic mass is 16.6. The summed E-state index contributed by atoms with van der Waals surface area (Å²) >= 11 is 0. The van der Waals surface area contributed by atoms with Gasteiger partial charge < -0.3 is 9.47 Å². The summed E-state index contributed by atoms with van der Waals surface area (Å²) in [6.45, 7) is 6.58. The van der Waals surface area contributed by atoms with Crippen LogP contribution in [0.2, 0.25) is 0 Å². The first-order chi connectivity index (χ1) is 11.6. The Hall–Kier alpha value is -1.84. The van der Waals surface area contributed by atoms with E-state index in [2.05, 4.69) is 0 Å². The van der Waals surface area contributed by atoms with Crippen molar-refractivity contribution in [2.24, 2.45) is 5.41 Å². The van der Waals surface area contributed by atoms with Crippen LogP contribution >= 0.6 is 0 Å².